The van der Waals surface area contributed by atoms with Gasteiger partial charge in [-0.3, -0.25) is 9.48 Å². The van der Waals surface area contributed by atoms with Gasteiger partial charge >= 0.3 is 0 Å². The molecular weight excluding hydrogens is 214 g/mol. The summed E-state index contributed by atoms with van der Waals surface area (Å²) in [6.07, 6.45) is 2.13. The third kappa shape index (κ3) is 3.32. The van der Waals surface area contributed by atoms with E-state index in [2.05, 4.69) is 25.9 Å². The summed E-state index contributed by atoms with van der Waals surface area (Å²) in [6.45, 7) is 9.03. The number of hydrogen-bond donors (Lipinski definition) is 0. The Bertz CT molecular complexity index is 382. The van der Waals surface area contributed by atoms with Crippen LogP contribution in [0, 0.1) is 6.92 Å². The Kier molecular flexibility index (Phi) is 4.73. The monoisotopic (exact) mass is 237 g/mol. The molecule has 0 spiro atoms. The van der Waals surface area contributed by atoms with Crippen LogP contribution < -0.4 is 0 Å². The predicted octanol–water partition coefficient (Wildman–Crippen LogP) is 2.64. The molecule has 0 unspecified atom stereocenters. The van der Waals surface area contributed by atoms with E-state index in [9.17, 15) is 4.79 Å². The summed E-state index contributed by atoms with van der Waals surface area (Å²) in [5, 5.41) is 4.36. The molecule has 0 N–H and O–H groups in total. The van der Waals surface area contributed by atoms with Crippen LogP contribution in [0.5, 0.6) is 0 Å². The standard InChI is InChI=1S/C13H23N3O/c1-6-7-8-15(5)13(17)12-9-11(4)16(14-12)10(2)3/h9-10H,6-8H2,1-5H3. The molecular formula is C13H23N3O. The molecule has 0 radical (unpaired) electrons. The van der Waals surface area contributed by atoms with Gasteiger partial charge in [-0.25, -0.2) is 0 Å². The molecule has 1 rings (SSSR count). The van der Waals surface area contributed by atoms with Crippen LogP contribution in [0.4, 0.5) is 0 Å². The van der Waals surface area contributed by atoms with E-state index in [-0.39, 0.29) is 11.9 Å². The highest BCUT2D eigenvalue weighted by molar-refractivity contribution is 5.92. The maximum Gasteiger partial charge on any atom is 0.274 e. The van der Waals surface area contributed by atoms with Crippen LogP contribution in [0.2, 0.25) is 0 Å². The zero-order valence-corrected chi connectivity index (χ0v) is 11.5. The lowest BCUT2D eigenvalue weighted by Gasteiger charge is -2.15. The number of rotatable bonds is 5. The average molecular weight is 237 g/mol. The lowest BCUT2D eigenvalue weighted by atomic mass is 10.3. The molecule has 1 aromatic heterocycles. The highest BCUT2D eigenvalue weighted by Crippen LogP contribution is 2.11. The number of carbonyl (C=O) groups excluding carboxylic acids is 1. The van der Waals surface area contributed by atoms with E-state index in [0.29, 0.717) is 5.69 Å². The minimum atomic E-state index is 0.0148. The van der Waals surface area contributed by atoms with Gasteiger partial charge < -0.3 is 4.90 Å². The van der Waals surface area contributed by atoms with Crippen molar-refractivity contribution in [2.24, 2.45) is 0 Å². The molecule has 0 atom stereocenters. The van der Waals surface area contributed by atoms with E-state index in [1.165, 1.54) is 0 Å². The molecule has 1 heterocycles. The van der Waals surface area contributed by atoms with Crippen LogP contribution in [0.25, 0.3) is 0 Å². The minimum Gasteiger partial charge on any atom is -0.340 e. The Morgan fingerprint density at radius 3 is 2.65 bits per heavy atom. The fraction of sp³-hybridized carbons (Fsp3) is 0.692. The Morgan fingerprint density at radius 2 is 2.18 bits per heavy atom. The molecule has 4 heteroatoms. The predicted molar refractivity (Wildman–Crippen MR) is 69.2 cm³/mol. The van der Waals surface area contributed by atoms with Crippen molar-refractivity contribution in [2.45, 2.75) is 46.6 Å². The first-order valence-electron chi connectivity index (χ1n) is 6.29. The number of aromatic nitrogens is 2. The van der Waals surface area contributed by atoms with Crippen molar-refractivity contribution in [3.63, 3.8) is 0 Å². The first kappa shape index (κ1) is 13.7. The molecule has 0 aliphatic heterocycles. The highest BCUT2D eigenvalue weighted by Gasteiger charge is 2.16. The van der Waals surface area contributed by atoms with E-state index >= 15 is 0 Å². The van der Waals surface area contributed by atoms with Crippen molar-refractivity contribution in [1.29, 1.82) is 0 Å². The SMILES string of the molecule is CCCCN(C)C(=O)c1cc(C)n(C(C)C)n1. The number of unbranched alkanes of at least 4 members (excludes halogenated alkanes) is 1. The molecule has 17 heavy (non-hydrogen) atoms. The Balaban J connectivity index is 2.79. The van der Waals surface area contributed by atoms with Crippen LogP contribution in [0.15, 0.2) is 6.07 Å². The van der Waals surface area contributed by atoms with Gasteiger partial charge in [0.2, 0.25) is 0 Å². The average Bonchev–Trinajstić information content (AvgIpc) is 2.67. The van der Waals surface area contributed by atoms with E-state index < -0.39 is 0 Å². The lowest BCUT2D eigenvalue weighted by Crippen LogP contribution is -2.28. The van der Waals surface area contributed by atoms with Gasteiger partial charge in [-0.15, -0.1) is 0 Å². The topological polar surface area (TPSA) is 38.1 Å². The normalized spacial score (nSPS) is 10.9. The molecule has 1 aromatic rings. The second-order valence-electron chi connectivity index (χ2n) is 4.79. The van der Waals surface area contributed by atoms with Gasteiger partial charge in [-0.05, 0) is 33.3 Å². The number of amides is 1. The van der Waals surface area contributed by atoms with E-state index in [1.807, 2.05) is 24.7 Å². The summed E-state index contributed by atoms with van der Waals surface area (Å²) in [5.74, 6) is 0.0148. The van der Waals surface area contributed by atoms with Gasteiger partial charge in [-0.2, -0.15) is 5.10 Å². The van der Waals surface area contributed by atoms with Crippen LogP contribution in [-0.2, 0) is 0 Å². The van der Waals surface area contributed by atoms with Gasteiger partial charge in [0.25, 0.3) is 5.91 Å². The summed E-state index contributed by atoms with van der Waals surface area (Å²) >= 11 is 0. The summed E-state index contributed by atoms with van der Waals surface area (Å²) in [7, 11) is 1.84. The van der Waals surface area contributed by atoms with Crippen LogP contribution >= 0.6 is 0 Å². The molecule has 0 aliphatic carbocycles. The molecule has 0 bridgehead atoms. The third-order valence-electron chi connectivity index (χ3n) is 2.82. The highest BCUT2D eigenvalue weighted by atomic mass is 16.2. The van der Waals surface area contributed by atoms with Gasteiger partial charge in [0.1, 0.15) is 0 Å². The zero-order valence-electron chi connectivity index (χ0n) is 11.5. The molecule has 0 aromatic carbocycles. The molecule has 0 fully saturated rings. The molecule has 0 saturated heterocycles. The van der Waals surface area contributed by atoms with Crippen LogP contribution in [-0.4, -0.2) is 34.2 Å². The largest absolute Gasteiger partial charge is 0.340 e. The fourth-order valence-corrected chi connectivity index (χ4v) is 1.81. The third-order valence-corrected chi connectivity index (χ3v) is 2.82. The van der Waals surface area contributed by atoms with E-state index in [0.717, 1.165) is 25.1 Å². The van der Waals surface area contributed by atoms with Crippen molar-refractivity contribution >= 4 is 5.91 Å². The van der Waals surface area contributed by atoms with Crippen molar-refractivity contribution in [3.05, 3.63) is 17.5 Å². The summed E-state index contributed by atoms with van der Waals surface area (Å²) < 4.78 is 1.89. The van der Waals surface area contributed by atoms with Gasteiger partial charge in [-0.1, -0.05) is 13.3 Å². The minimum absolute atomic E-state index is 0.0148. The quantitative estimate of drug-likeness (QED) is 0.789. The second kappa shape index (κ2) is 5.84. The number of carbonyl (C=O) groups is 1. The number of hydrogen-bond acceptors (Lipinski definition) is 2. The van der Waals surface area contributed by atoms with Crippen molar-refractivity contribution in [2.75, 3.05) is 13.6 Å². The molecule has 0 saturated carbocycles. The smallest absolute Gasteiger partial charge is 0.274 e. The van der Waals surface area contributed by atoms with Crippen LogP contribution in [0.1, 0.15) is 55.8 Å². The Morgan fingerprint density at radius 1 is 1.53 bits per heavy atom. The summed E-state index contributed by atoms with van der Waals surface area (Å²) in [5.41, 5.74) is 1.59. The Hall–Kier alpha value is -1.32. The molecule has 0 aliphatic rings. The van der Waals surface area contributed by atoms with Gasteiger partial charge in [0.05, 0.1) is 0 Å². The maximum atomic E-state index is 12.1. The van der Waals surface area contributed by atoms with Crippen molar-refractivity contribution in [1.82, 2.24) is 14.7 Å². The summed E-state index contributed by atoms with van der Waals surface area (Å²) in [6, 6.07) is 2.16. The molecule has 1 amide bonds. The summed E-state index contributed by atoms with van der Waals surface area (Å²) in [4.78, 5) is 13.8. The molecule has 4 nitrogen and oxygen atoms in total. The first-order chi connectivity index (χ1) is 7.97. The molecule has 96 valence electrons. The van der Waals surface area contributed by atoms with Gasteiger partial charge in [0, 0.05) is 25.3 Å². The second-order valence-corrected chi connectivity index (χ2v) is 4.79. The lowest BCUT2D eigenvalue weighted by molar-refractivity contribution is 0.0786. The Labute approximate surface area is 104 Å². The van der Waals surface area contributed by atoms with Gasteiger partial charge in [0.15, 0.2) is 5.69 Å². The van der Waals surface area contributed by atoms with E-state index in [4.69, 9.17) is 0 Å². The first-order valence-corrected chi connectivity index (χ1v) is 6.29. The van der Waals surface area contributed by atoms with Crippen molar-refractivity contribution < 1.29 is 4.79 Å². The number of nitrogens with zero attached hydrogens (tertiary/aromatic N) is 3. The van der Waals surface area contributed by atoms with E-state index in [1.54, 1.807) is 4.90 Å². The zero-order chi connectivity index (χ0) is 13.0. The van der Waals surface area contributed by atoms with Crippen LogP contribution in [0.3, 0.4) is 0 Å². The number of aryl methyl sites for hydroxylation is 1. The van der Waals surface area contributed by atoms with Crippen molar-refractivity contribution in [3.8, 4) is 0 Å². The fourth-order valence-electron chi connectivity index (χ4n) is 1.81. The maximum absolute atomic E-state index is 12.1.